The molecule has 6 nitrogen and oxygen atoms in total. The Hall–Kier alpha value is -0.120. The van der Waals surface area contributed by atoms with Gasteiger partial charge in [-0.3, -0.25) is 4.99 Å². The lowest BCUT2D eigenvalue weighted by Gasteiger charge is -2.34. The highest BCUT2D eigenvalue weighted by Gasteiger charge is 2.41. The fraction of sp³-hybridized carbons (Fsp3) is 0.938. The lowest BCUT2D eigenvalue weighted by atomic mass is 9.94. The third kappa shape index (κ3) is 4.70. The van der Waals surface area contributed by atoms with Crippen LogP contribution < -0.4 is 10.6 Å². The Kier molecular flexibility index (Phi) is 7.37. The van der Waals surface area contributed by atoms with E-state index < -0.39 is 0 Å². The van der Waals surface area contributed by atoms with Gasteiger partial charge in [-0.2, -0.15) is 0 Å². The Balaban J connectivity index is 0.00000192. The minimum absolute atomic E-state index is 0. The molecule has 7 heteroatoms. The van der Waals surface area contributed by atoms with E-state index in [0.29, 0.717) is 24.8 Å². The van der Waals surface area contributed by atoms with E-state index in [-0.39, 0.29) is 29.6 Å². The molecule has 2 bridgehead atoms. The Bertz CT molecular complexity index is 402. The van der Waals surface area contributed by atoms with Gasteiger partial charge in [-0.15, -0.1) is 24.0 Å². The maximum Gasteiger partial charge on any atom is 0.191 e. The summed E-state index contributed by atoms with van der Waals surface area (Å²) in [7, 11) is 1.78. The van der Waals surface area contributed by atoms with Gasteiger partial charge in [-0.05, 0) is 26.2 Å². The molecule has 0 aromatic carbocycles. The van der Waals surface area contributed by atoms with Crippen molar-refractivity contribution in [1.82, 2.24) is 10.6 Å². The van der Waals surface area contributed by atoms with Gasteiger partial charge >= 0.3 is 0 Å². The summed E-state index contributed by atoms with van der Waals surface area (Å²) in [5.74, 6) is 0.881. The van der Waals surface area contributed by atoms with E-state index in [1.54, 1.807) is 7.11 Å². The number of fused-ring (bicyclic) bond motifs is 2. The van der Waals surface area contributed by atoms with E-state index in [9.17, 15) is 0 Å². The lowest BCUT2D eigenvalue weighted by Crippen LogP contribution is -2.48. The zero-order valence-corrected chi connectivity index (χ0v) is 16.5. The number of guanidine groups is 1. The quantitative estimate of drug-likeness (QED) is 0.388. The van der Waals surface area contributed by atoms with Gasteiger partial charge in [-0.25, -0.2) is 0 Å². The molecule has 0 radical (unpaired) electrons. The molecule has 0 saturated carbocycles. The topological polar surface area (TPSA) is 64.1 Å². The monoisotopic (exact) mass is 439 g/mol. The maximum atomic E-state index is 5.91. The molecular weight excluding hydrogens is 409 g/mol. The first-order chi connectivity index (χ1) is 10.7. The van der Waals surface area contributed by atoms with E-state index >= 15 is 0 Å². The predicted octanol–water partition coefficient (Wildman–Crippen LogP) is 1.67. The molecule has 3 heterocycles. The van der Waals surface area contributed by atoms with E-state index in [4.69, 9.17) is 19.2 Å². The van der Waals surface area contributed by atoms with Gasteiger partial charge in [-0.1, -0.05) is 0 Å². The van der Waals surface area contributed by atoms with Gasteiger partial charge in [0.1, 0.15) is 0 Å². The number of rotatable bonds is 5. The van der Waals surface area contributed by atoms with E-state index in [2.05, 4.69) is 17.6 Å². The Morgan fingerprint density at radius 2 is 2.09 bits per heavy atom. The van der Waals surface area contributed by atoms with Gasteiger partial charge in [0.15, 0.2) is 5.96 Å². The standard InChI is InChI=1S/C16H29N3O3.HI/c1-3-17-15(19-13-10-12-4-5-14(13)22-12)18-11-16(20-2)6-8-21-9-7-16;/h12-14H,3-11H2,1-2H3,(H2,17,18,19);1H. The second kappa shape index (κ2) is 8.82. The summed E-state index contributed by atoms with van der Waals surface area (Å²) in [6.07, 6.45) is 6.09. The average molecular weight is 439 g/mol. The summed E-state index contributed by atoms with van der Waals surface area (Å²) in [5, 5.41) is 6.90. The average Bonchev–Trinajstić information content (AvgIpc) is 3.16. The molecule has 3 unspecified atom stereocenters. The van der Waals surface area contributed by atoms with Crippen molar-refractivity contribution in [3.8, 4) is 0 Å². The molecule has 0 aromatic rings. The van der Waals surface area contributed by atoms with Gasteiger partial charge < -0.3 is 24.8 Å². The highest BCUT2D eigenvalue weighted by atomic mass is 127. The van der Waals surface area contributed by atoms with E-state index in [1.807, 2.05) is 0 Å². The summed E-state index contributed by atoms with van der Waals surface area (Å²) in [5.41, 5.74) is -0.175. The molecule has 3 rings (SSSR count). The number of hydrogen-bond acceptors (Lipinski definition) is 4. The number of aliphatic imine (C=N–C) groups is 1. The zero-order valence-electron chi connectivity index (χ0n) is 14.2. The third-order valence-electron chi connectivity index (χ3n) is 5.13. The first-order valence-corrected chi connectivity index (χ1v) is 8.58. The van der Waals surface area contributed by atoms with Gasteiger partial charge in [0, 0.05) is 39.7 Å². The van der Waals surface area contributed by atoms with Crippen LogP contribution in [0.5, 0.6) is 0 Å². The van der Waals surface area contributed by atoms with E-state index in [0.717, 1.165) is 45.0 Å². The molecule has 134 valence electrons. The van der Waals surface area contributed by atoms with Crippen LogP contribution in [0.25, 0.3) is 0 Å². The van der Waals surface area contributed by atoms with Crippen LogP contribution in [0, 0.1) is 0 Å². The summed E-state index contributed by atoms with van der Waals surface area (Å²) in [6, 6.07) is 0.393. The van der Waals surface area contributed by atoms with Crippen molar-refractivity contribution in [3.63, 3.8) is 0 Å². The number of nitrogens with one attached hydrogen (secondary N) is 2. The smallest absolute Gasteiger partial charge is 0.191 e. The van der Waals surface area contributed by atoms with Gasteiger partial charge in [0.05, 0.1) is 30.4 Å². The van der Waals surface area contributed by atoms with Crippen LogP contribution in [0.1, 0.15) is 39.0 Å². The van der Waals surface area contributed by atoms with Crippen molar-refractivity contribution >= 4 is 29.9 Å². The van der Waals surface area contributed by atoms with Gasteiger partial charge in [0.25, 0.3) is 0 Å². The summed E-state index contributed by atoms with van der Waals surface area (Å²) in [6.45, 7) is 5.14. The van der Waals surface area contributed by atoms with E-state index in [1.165, 1.54) is 12.8 Å². The zero-order chi connectivity index (χ0) is 15.4. The minimum Gasteiger partial charge on any atom is -0.381 e. The van der Waals surface area contributed by atoms with Crippen molar-refractivity contribution in [1.29, 1.82) is 0 Å². The fourth-order valence-electron chi connectivity index (χ4n) is 3.68. The molecule has 3 saturated heterocycles. The molecule has 2 N–H and O–H groups in total. The molecular formula is C16H30IN3O3. The number of hydrogen-bond donors (Lipinski definition) is 2. The normalized spacial score (nSPS) is 32.4. The van der Waals surface area contributed by atoms with Crippen LogP contribution in [0.2, 0.25) is 0 Å². The summed E-state index contributed by atoms with van der Waals surface area (Å²) >= 11 is 0. The Morgan fingerprint density at radius 3 is 2.65 bits per heavy atom. The molecule has 0 amide bonds. The van der Waals surface area contributed by atoms with Crippen LogP contribution in [-0.4, -0.2) is 63.2 Å². The first kappa shape index (κ1) is 19.2. The predicted molar refractivity (Wildman–Crippen MR) is 101 cm³/mol. The van der Waals surface area contributed by atoms with Crippen molar-refractivity contribution in [2.24, 2.45) is 4.99 Å². The molecule has 3 aliphatic rings. The maximum absolute atomic E-state index is 5.91. The second-order valence-corrected chi connectivity index (χ2v) is 6.56. The molecule has 23 heavy (non-hydrogen) atoms. The molecule has 3 aliphatic heterocycles. The second-order valence-electron chi connectivity index (χ2n) is 6.56. The molecule has 3 fully saturated rings. The van der Waals surface area contributed by atoms with Gasteiger partial charge in [0.2, 0.25) is 0 Å². The van der Waals surface area contributed by atoms with Crippen LogP contribution in [0.4, 0.5) is 0 Å². The Morgan fingerprint density at radius 1 is 1.30 bits per heavy atom. The molecule has 3 atom stereocenters. The number of ether oxygens (including phenoxy) is 3. The SMILES string of the molecule is CCNC(=NCC1(OC)CCOCC1)NC1CC2CCC1O2.I. The first-order valence-electron chi connectivity index (χ1n) is 8.58. The highest BCUT2D eigenvalue weighted by Crippen LogP contribution is 2.34. The summed E-state index contributed by atoms with van der Waals surface area (Å²) in [4.78, 5) is 4.79. The molecule has 0 aliphatic carbocycles. The third-order valence-corrected chi connectivity index (χ3v) is 5.13. The molecule has 0 spiro atoms. The number of nitrogens with zero attached hydrogens (tertiary/aromatic N) is 1. The fourth-order valence-corrected chi connectivity index (χ4v) is 3.68. The van der Waals surface area contributed by atoms with Crippen LogP contribution in [0.15, 0.2) is 4.99 Å². The van der Waals surface area contributed by atoms with Crippen LogP contribution >= 0.6 is 24.0 Å². The number of halogens is 1. The minimum atomic E-state index is -0.175. The van der Waals surface area contributed by atoms with Crippen molar-refractivity contribution < 1.29 is 14.2 Å². The highest BCUT2D eigenvalue weighted by molar-refractivity contribution is 14.0. The molecule has 0 aromatic heterocycles. The van der Waals surface area contributed by atoms with Crippen molar-refractivity contribution in [2.75, 3.05) is 33.4 Å². The van der Waals surface area contributed by atoms with Crippen molar-refractivity contribution in [2.45, 2.75) is 62.9 Å². The van der Waals surface area contributed by atoms with Crippen molar-refractivity contribution in [3.05, 3.63) is 0 Å². The lowest BCUT2D eigenvalue weighted by molar-refractivity contribution is -0.0828. The van der Waals surface area contributed by atoms with Crippen LogP contribution in [0.3, 0.4) is 0 Å². The Labute approximate surface area is 156 Å². The summed E-state index contributed by atoms with van der Waals surface area (Å²) < 4.78 is 17.1. The number of methoxy groups -OCH3 is 1. The van der Waals surface area contributed by atoms with Crippen LogP contribution in [-0.2, 0) is 14.2 Å². The largest absolute Gasteiger partial charge is 0.381 e.